The molecule has 0 spiro atoms. The Bertz CT molecular complexity index is 857. The minimum absolute atomic E-state index is 0.0239. The Morgan fingerprint density at radius 2 is 1.69 bits per heavy atom. The van der Waals surface area contributed by atoms with Gasteiger partial charge in [0.2, 0.25) is 0 Å². The van der Waals surface area contributed by atoms with Crippen LogP contribution in [0.25, 0.3) is 0 Å². The molecule has 0 aliphatic carbocycles. The number of rotatable bonds is 5. The number of carbonyl (C=O) groups is 2. The van der Waals surface area contributed by atoms with Gasteiger partial charge in [-0.05, 0) is 36.4 Å². The van der Waals surface area contributed by atoms with E-state index in [0.29, 0.717) is 6.07 Å². The molecule has 0 fully saturated rings. The first-order valence-corrected chi connectivity index (χ1v) is 7.72. The van der Waals surface area contributed by atoms with Crippen molar-refractivity contribution < 1.29 is 27.5 Å². The molecule has 138 valence electrons. The molecule has 2 aromatic carbocycles. The normalized spacial score (nSPS) is 11.1. The molecule has 0 aliphatic rings. The van der Waals surface area contributed by atoms with Crippen LogP contribution in [0.4, 0.5) is 18.9 Å². The summed E-state index contributed by atoms with van der Waals surface area (Å²) in [5, 5.41) is 2.19. The molecule has 0 aromatic heterocycles. The van der Waals surface area contributed by atoms with Crippen LogP contribution >= 0.6 is 23.2 Å². The number of alkyl halides is 3. The van der Waals surface area contributed by atoms with Gasteiger partial charge in [-0.25, -0.2) is 0 Å². The molecule has 2 amide bonds. The third-order valence-electron chi connectivity index (χ3n) is 3.13. The van der Waals surface area contributed by atoms with Crippen LogP contribution in [0.1, 0.15) is 15.9 Å². The Hall–Kier alpha value is -2.45. The molecule has 0 unspecified atom stereocenters. The molecule has 0 saturated carbocycles. The van der Waals surface area contributed by atoms with Crippen molar-refractivity contribution in [2.75, 3.05) is 11.9 Å². The van der Waals surface area contributed by atoms with Crippen molar-refractivity contribution in [1.29, 1.82) is 0 Å². The summed E-state index contributed by atoms with van der Waals surface area (Å²) in [5.74, 6) is -1.73. The topological polar surface area (TPSA) is 81.4 Å². The van der Waals surface area contributed by atoms with Crippen molar-refractivity contribution >= 4 is 40.7 Å². The number of amides is 2. The third kappa shape index (κ3) is 5.03. The van der Waals surface area contributed by atoms with Crippen molar-refractivity contribution in [3.63, 3.8) is 0 Å². The quantitative estimate of drug-likeness (QED) is 0.782. The van der Waals surface area contributed by atoms with Gasteiger partial charge in [0.25, 0.3) is 11.8 Å². The first-order valence-electron chi connectivity index (χ1n) is 6.96. The lowest BCUT2D eigenvalue weighted by atomic mass is 10.1. The Kier molecular flexibility index (Phi) is 5.99. The second kappa shape index (κ2) is 7.84. The maximum Gasteiger partial charge on any atom is 0.418 e. The number of anilines is 1. The number of hydrogen-bond acceptors (Lipinski definition) is 3. The summed E-state index contributed by atoms with van der Waals surface area (Å²) in [5.41, 5.74) is 3.55. The predicted octanol–water partition coefficient (Wildman–Crippen LogP) is 4.13. The average molecular weight is 407 g/mol. The molecule has 0 bridgehead atoms. The lowest BCUT2D eigenvalue weighted by Crippen LogP contribution is -2.23. The van der Waals surface area contributed by atoms with Gasteiger partial charge in [-0.2, -0.15) is 13.2 Å². The van der Waals surface area contributed by atoms with E-state index in [-0.39, 0.29) is 21.4 Å². The summed E-state index contributed by atoms with van der Waals surface area (Å²) < 4.78 is 44.2. The van der Waals surface area contributed by atoms with Crippen LogP contribution in [0.5, 0.6) is 5.75 Å². The fourth-order valence-electron chi connectivity index (χ4n) is 2.01. The maximum atomic E-state index is 13.0. The van der Waals surface area contributed by atoms with E-state index in [9.17, 15) is 22.8 Å². The number of nitrogens with two attached hydrogens (primary N) is 1. The van der Waals surface area contributed by atoms with E-state index in [1.165, 1.54) is 24.3 Å². The molecular weight excluding hydrogens is 396 g/mol. The average Bonchev–Trinajstić information content (AvgIpc) is 2.54. The Morgan fingerprint density at radius 3 is 2.31 bits per heavy atom. The second-order valence-electron chi connectivity index (χ2n) is 5.03. The van der Waals surface area contributed by atoms with Crippen molar-refractivity contribution in [1.82, 2.24) is 0 Å². The number of ether oxygens (including phenoxy) is 1. The van der Waals surface area contributed by atoms with Crippen LogP contribution in [0.3, 0.4) is 0 Å². The molecule has 0 atom stereocenters. The molecule has 2 rings (SSSR count). The number of halogens is 5. The number of benzene rings is 2. The molecule has 10 heteroatoms. The number of primary amides is 1. The van der Waals surface area contributed by atoms with E-state index in [1.807, 2.05) is 0 Å². The molecule has 2 aromatic rings. The zero-order valence-corrected chi connectivity index (χ0v) is 14.4. The monoisotopic (exact) mass is 406 g/mol. The minimum Gasteiger partial charge on any atom is -0.483 e. The zero-order valence-electron chi connectivity index (χ0n) is 12.9. The van der Waals surface area contributed by atoms with Gasteiger partial charge >= 0.3 is 6.18 Å². The van der Waals surface area contributed by atoms with Crippen LogP contribution in [0.2, 0.25) is 10.0 Å². The SMILES string of the molecule is NC(=O)c1cc(Cl)ccc1OCC(=O)Nc1ccc(Cl)cc1C(F)(F)F. The molecule has 0 heterocycles. The highest BCUT2D eigenvalue weighted by Gasteiger charge is 2.34. The first-order chi connectivity index (χ1) is 12.1. The smallest absolute Gasteiger partial charge is 0.418 e. The summed E-state index contributed by atoms with van der Waals surface area (Å²) in [6, 6.07) is 6.90. The zero-order chi connectivity index (χ0) is 19.5. The molecule has 0 saturated heterocycles. The number of nitrogens with one attached hydrogen (secondary N) is 1. The number of carbonyl (C=O) groups excluding carboxylic acids is 2. The van der Waals surface area contributed by atoms with E-state index in [4.69, 9.17) is 33.7 Å². The van der Waals surface area contributed by atoms with E-state index >= 15 is 0 Å². The summed E-state index contributed by atoms with van der Waals surface area (Å²) in [6.45, 7) is -0.651. The Labute approximate surface area is 155 Å². The van der Waals surface area contributed by atoms with Gasteiger partial charge in [0, 0.05) is 10.0 Å². The second-order valence-corrected chi connectivity index (χ2v) is 5.90. The van der Waals surface area contributed by atoms with E-state index in [1.54, 1.807) is 0 Å². The van der Waals surface area contributed by atoms with E-state index in [0.717, 1.165) is 6.07 Å². The lowest BCUT2D eigenvalue weighted by molar-refractivity contribution is -0.137. The van der Waals surface area contributed by atoms with Gasteiger partial charge in [0.1, 0.15) is 5.75 Å². The fourth-order valence-corrected chi connectivity index (χ4v) is 2.35. The van der Waals surface area contributed by atoms with Crippen LogP contribution < -0.4 is 15.8 Å². The predicted molar refractivity (Wildman–Crippen MR) is 90.5 cm³/mol. The first kappa shape index (κ1) is 19.9. The lowest BCUT2D eigenvalue weighted by Gasteiger charge is -2.15. The van der Waals surface area contributed by atoms with Crippen molar-refractivity contribution in [3.05, 3.63) is 57.6 Å². The minimum atomic E-state index is -4.70. The molecule has 3 N–H and O–H groups in total. The van der Waals surface area contributed by atoms with E-state index in [2.05, 4.69) is 5.32 Å². The highest BCUT2D eigenvalue weighted by Crippen LogP contribution is 2.36. The Morgan fingerprint density at radius 1 is 1.08 bits per heavy atom. The molecule has 0 radical (unpaired) electrons. The highest BCUT2D eigenvalue weighted by atomic mass is 35.5. The van der Waals surface area contributed by atoms with Gasteiger partial charge < -0.3 is 15.8 Å². The summed E-state index contributed by atoms with van der Waals surface area (Å²) in [4.78, 5) is 23.3. The Balaban J connectivity index is 2.13. The van der Waals surface area contributed by atoms with Gasteiger partial charge in [-0.3, -0.25) is 9.59 Å². The summed E-state index contributed by atoms with van der Waals surface area (Å²) in [7, 11) is 0. The maximum absolute atomic E-state index is 13.0. The van der Waals surface area contributed by atoms with Gasteiger partial charge in [0.05, 0.1) is 16.8 Å². The third-order valence-corrected chi connectivity index (χ3v) is 3.60. The summed E-state index contributed by atoms with van der Waals surface area (Å²) >= 11 is 11.3. The van der Waals surface area contributed by atoms with Gasteiger partial charge in [-0.15, -0.1) is 0 Å². The molecule has 26 heavy (non-hydrogen) atoms. The van der Waals surface area contributed by atoms with Gasteiger partial charge in [-0.1, -0.05) is 23.2 Å². The van der Waals surface area contributed by atoms with Gasteiger partial charge in [0.15, 0.2) is 6.61 Å². The van der Waals surface area contributed by atoms with Crippen LogP contribution in [-0.4, -0.2) is 18.4 Å². The summed E-state index contributed by atoms with van der Waals surface area (Å²) in [6.07, 6.45) is -4.70. The van der Waals surface area contributed by atoms with Crippen LogP contribution in [-0.2, 0) is 11.0 Å². The van der Waals surface area contributed by atoms with Crippen LogP contribution in [0.15, 0.2) is 36.4 Å². The van der Waals surface area contributed by atoms with E-state index < -0.39 is 35.8 Å². The molecule has 5 nitrogen and oxygen atoms in total. The number of hydrogen-bond donors (Lipinski definition) is 2. The molecule has 0 aliphatic heterocycles. The molecular formula is C16H11Cl2F3N2O3. The largest absolute Gasteiger partial charge is 0.483 e. The van der Waals surface area contributed by atoms with Crippen molar-refractivity contribution in [2.45, 2.75) is 6.18 Å². The van der Waals surface area contributed by atoms with Crippen molar-refractivity contribution in [2.24, 2.45) is 5.73 Å². The standard InChI is InChI=1S/C16H11Cl2F3N2O3/c17-8-2-4-13(10(5-8)15(22)25)26-7-14(24)23-12-3-1-9(18)6-11(12)16(19,20)21/h1-6H,7H2,(H2,22,25)(H,23,24). The van der Waals surface area contributed by atoms with Crippen molar-refractivity contribution in [3.8, 4) is 5.75 Å². The highest BCUT2D eigenvalue weighted by molar-refractivity contribution is 6.31. The fraction of sp³-hybridized carbons (Fsp3) is 0.125. The van der Waals surface area contributed by atoms with Crippen LogP contribution in [0, 0.1) is 0 Å².